The van der Waals surface area contributed by atoms with Gasteiger partial charge < -0.3 is 14.1 Å². The van der Waals surface area contributed by atoms with E-state index in [1.807, 2.05) is 72.6 Å². The Kier molecular flexibility index (Phi) is 5.35. The molecule has 5 heteroatoms. The third-order valence-corrected chi connectivity index (χ3v) is 3.89. The fourth-order valence-electron chi connectivity index (χ4n) is 2.63. The van der Waals surface area contributed by atoms with Crippen LogP contribution < -0.4 is 9.64 Å². The van der Waals surface area contributed by atoms with Crippen molar-refractivity contribution in [1.82, 2.24) is 4.98 Å². The van der Waals surface area contributed by atoms with Gasteiger partial charge in [-0.25, -0.2) is 0 Å². The van der Waals surface area contributed by atoms with E-state index in [9.17, 15) is 5.26 Å². The van der Waals surface area contributed by atoms with Gasteiger partial charge in [0, 0.05) is 25.2 Å². The van der Waals surface area contributed by atoms with Gasteiger partial charge in [0.2, 0.25) is 17.5 Å². The molecule has 0 fully saturated rings. The van der Waals surface area contributed by atoms with Crippen LogP contribution in [0, 0.1) is 11.3 Å². The fraction of sp³-hybridized carbons (Fsp3) is 0.143. The lowest BCUT2D eigenvalue weighted by atomic mass is 10.2. The summed E-state index contributed by atoms with van der Waals surface area (Å²) in [5.74, 6) is 1.59. The molecule has 1 aromatic heterocycles. The molecule has 0 spiro atoms. The monoisotopic (exact) mass is 345 g/mol. The Hall–Kier alpha value is -3.52. The first-order valence-electron chi connectivity index (χ1n) is 8.18. The number of rotatable bonds is 6. The highest BCUT2D eigenvalue weighted by atomic mass is 16.5. The number of nitriles is 1. The van der Waals surface area contributed by atoms with Gasteiger partial charge in [-0.15, -0.1) is 0 Å². The van der Waals surface area contributed by atoms with Gasteiger partial charge in [-0.1, -0.05) is 48.5 Å². The molecule has 0 saturated carbocycles. The largest absolute Gasteiger partial charge is 0.496 e. The van der Waals surface area contributed by atoms with Crippen LogP contribution in [0.1, 0.15) is 22.7 Å². The molecule has 0 saturated heterocycles. The zero-order valence-corrected chi connectivity index (χ0v) is 14.7. The van der Waals surface area contributed by atoms with Crippen LogP contribution in [-0.2, 0) is 6.54 Å². The van der Waals surface area contributed by atoms with Gasteiger partial charge >= 0.3 is 0 Å². The number of anilines is 1. The van der Waals surface area contributed by atoms with Crippen molar-refractivity contribution < 1.29 is 9.15 Å². The van der Waals surface area contributed by atoms with E-state index >= 15 is 0 Å². The Labute approximate surface area is 152 Å². The quantitative estimate of drug-likeness (QED) is 0.664. The summed E-state index contributed by atoms with van der Waals surface area (Å²) in [6, 6.07) is 19.7. The third kappa shape index (κ3) is 3.93. The molecule has 26 heavy (non-hydrogen) atoms. The maximum atomic E-state index is 9.37. The van der Waals surface area contributed by atoms with E-state index in [1.165, 1.54) is 0 Å². The Balaban J connectivity index is 1.82. The van der Waals surface area contributed by atoms with Crippen LogP contribution in [-0.4, -0.2) is 19.1 Å². The van der Waals surface area contributed by atoms with Crippen LogP contribution in [0.15, 0.2) is 59.0 Å². The molecule has 130 valence electrons. The van der Waals surface area contributed by atoms with Crippen LogP contribution in [0.25, 0.3) is 12.2 Å². The molecule has 2 aromatic carbocycles. The van der Waals surface area contributed by atoms with E-state index in [4.69, 9.17) is 9.15 Å². The van der Waals surface area contributed by atoms with E-state index in [1.54, 1.807) is 13.2 Å². The van der Waals surface area contributed by atoms with Crippen LogP contribution in [0.2, 0.25) is 0 Å². The number of para-hydroxylation sites is 1. The van der Waals surface area contributed by atoms with Crippen LogP contribution in [0.4, 0.5) is 5.88 Å². The molecule has 0 amide bonds. The zero-order valence-electron chi connectivity index (χ0n) is 14.7. The lowest BCUT2D eigenvalue weighted by Gasteiger charge is -2.15. The van der Waals surface area contributed by atoms with Crippen LogP contribution in [0.3, 0.4) is 0 Å². The van der Waals surface area contributed by atoms with Crippen molar-refractivity contribution in [3.8, 4) is 11.8 Å². The summed E-state index contributed by atoms with van der Waals surface area (Å²) >= 11 is 0. The SMILES string of the molecule is COc1ccccc1C=Cc1nc(C#N)c(N(C)Cc2ccccc2)o1. The van der Waals surface area contributed by atoms with Gasteiger partial charge in [0.15, 0.2) is 0 Å². The summed E-state index contributed by atoms with van der Waals surface area (Å²) in [5.41, 5.74) is 2.30. The van der Waals surface area contributed by atoms with E-state index in [0.29, 0.717) is 18.3 Å². The summed E-state index contributed by atoms with van der Waals surface area (Å²) in [7, 11) is 3.50. The van der Waals surface area contributed by atoms with Gasteiger partial charge in [-0.3, -0.25) is 0 Å². The minimum Gasteiger partial charge on any atom is -0.496 e. The van der Waals surface area contributed by atoms with Gasteiger partial charge in [0.25, 0.3) is 0 Å². The molecule has 3 rings (SSSR count). The van der Waals surface area contributed by atoms with Crippen molar-refractivity contribution in [1.29, 1.82) is 5.26 Å². The van der Waals surface area contributed by atoms with Crippen molar-refractivity contribution in [2.75, 3.05) is 19.1 Å². The predicted octanol–water partition coefficient (Wildman–Crippen LogP) is 4.36. The number of nitrogens with zero attached hydrogens (tertiary/aromatic N) is 3. The molecular formula is C21H19N3O2. The van der Waals surface area contributed by atoms with Gasteiger partial charge in [-0.05, 0) is 17.7 Å². The van der Waals surface area contributed by atoms with Crippen molar-refractivity contribution in [3.63, 3.8) is 0 Å². The highest BCUT2D eigenvalue weighted by molar-refractivity contribution is 5.70. The molecule has 0 aliphatic rings. The first-order valence-corrected chi connectivity index (χ1v) is 8.18. The first-order chi connectivity index (χ1) is 12.7. The van der Waals surface area contributed by atoms with Crippen molar-refractivity contribution in [3.05, 3.63) is 77.3 Å². The Bertz CT molecular complexity index is 939. The first kappa shape index (κ1) is 17.3. The minimum absolute atomic E-state index is 0.267. The Morgan fingerprint density at radius 2 is 1.85 bits per heavy atom. The molecule has 0 bridgehead atoms. The average Bonchev–Trinajstić information content (AvgIpc) is 3.11. The molecule has 0 N–H and O–H groups in total. The third-order valence-electron chi connectivity index (χ3n) is 3.89. The highest BCUT2D eigenvalue weighted by Gasteiger charge is 2.16. The molecule has 0 aliphatic heterocycles. The topological polar surface area (TPSA) is 62.3 Å². The van der Waals surface area contributed by atoms with Crippen molar-refractivity contribution in [2.45, 2.75) is 6.54 Å². The predicted molar refractivity (Wildman–Crippen MR) is 102 cm³/mol. The average molecular weight is 345 g/mol. The Morgan fingerprint density at radius 1 is 1.12 bits per heavy atom. The number of oxazole rings is 1. The zero-order chi connectivity index (χ0) is 18.4. The van der Waals surface area contributed by atoms with E-state index in [2.05, 4.69) is 11.1 Å². The maximum absolute atomic E-state index is 9.37. The highest BCUT2D eigenvalue weighted by Crippen LogP contribution is 2.25. The molecule has 0 unspecified atom stereocenters. The van der Waals surface area contributed by atoms with Gasteiger partial charge in [-0.2, -0.15) is 10.2 Å². The second-order valence-electron chi connectivity index (χ2n) is 5.73. The van der Waals surface area contributed by atoms with Crippen LogP contribution in [0.5, 0.6) is 5.75 Å². The number of methoxy groups -OCH3 is 1. The number of ether oxygens (including phenoxy) is 1. The van der Waals surface area contributed by atoms with Crippen molar-refractivity contribution >= 4 is 18.0 Å². The lowest BCUT2D eigenvalue weighted by molar-refractivity contribution is 0.414. The van der Waals surface area contributed by atoms with E-state index in [0.717, 1.165) is 16.9 Å². The van der Waals surface area contributed by atoms with Gasteiger partial charge in [0.05, 0.1) is 7.11 Å². The standard InChI is InChI=1S/C21H19N3O2/c1-24(15-16-8-4-3-5-9-16)21-18(14-22)23-20(26-21)13-12-17-10-6-7-11-19(17)25-2/h3-13H,15H2,1-2H3. The number of hydrogen-bond acceptors (Lipinski definition) is 5. The second kappa shape index (κ2) is 8.04. The summed E-state index contributed by atoms with van der Waals surface area (Å²) in [6.45, 7) is 0.625. The molecule has 0 aliphatic carbocycles. The molecule has 3 aromatic rings. The summed E-state index contributed by atoms with van der Waals surface area (Å²) in [6.07, 6.45) is 3.59. The smallest absolute Gasteiger partial charge is 0.235 e. The second-order valence-corrected chi connectivity index (χ2v) is 5.73. The maximum Gasteiger partial charge on any atom is 0.235 e. The number of aromatic nitrogens is 1. The molecule has 5 nitrogen and oxygen atoms in total. The number of hydrogen-bond donors (Lipinski definition) is 0. The summed E-state index contributed by atoms with van der Waals surface area (Å²) < 4.78 is 11.1. The fourth-order valence-corrected chi connectivity index (χ4v) is 2.63. The molecule has 0 atom stereocenters. The lowest BCUT2D eigenvalue weighted by Crippen LogP contribution is -2.16. The van der Waals surface area contributed by atoms with Crippen molar-refractivity contribution in [2.24, 2.45) is 0 Å². The van der Waals surface area contributed by atoms with E-state index < -0.39 is 0 Å². The molecule has 0 radical (unpaired) electrons. The normalized spacial score (nSPS) is 10.7. The van der Waals surface area contributed by atoms with Crippen LogP contribution >= 0.6 is 0 Å². The number of benzene rings is 2. The van der Waals surface area contributed by atoms with Gasteiger partial charge in [0.1, 0.15) is 11.8 Å². The summed E-state index contributed by atoms with van der Waals surface area (Å²) in [5, 5.41) is 9.37. The van der Waals surface area contributed by atoms with E-state index in [-0.39, 0.29) is 5.69 Å². The molecular weight excluding hydrogens is 326 g/mol. The molecule has 1 heterocycles. The summed E-state index contributed by atoms with van der Waals surface area (Å²) in [4.78, 5) is 6.14. The minimum atomic E-state index is 0.267. The Morgan fingerprint density at radius 3 is 2.58 bits per heavy atom.